The van der Waals surface area contributed by atoms with Gasteiger partial charge in [0, 0.05) is 12.8 Å². The Morgan fingerprint density at radius 1 is 0.373 bits per heavy atom. The largest absolute Gasteiger partial charge is 0.477 e. The summed E-state index contributed by atoms with van der Waals surface area (Å²) in [6.07, 6.45) is 87.3. The van der Waals surface area contributed by atoms with Crippen LogP contribution < -0.4 is 0 Å². The summed E-state index contributed by atoms with van der Waals surface area (Å²) in [5, 5.41) is 9.74. The van der Waals surface area contributed by atoms with Crippen LogP contribution in [0.25, 0.3) is 0 Å². The number of allylic oxidation sites excluding steroid dienone is 20. The van der Waals surface area contributed by atoms with Crippen LogP contribution in [-0.4, -0.2) is 87.4 Å². The van der Waals surface area contributed by atoms with Gasteiger partial charge in [-0.3, -0.25) is 9.59 Å². The molecule has 0 aromatic carbocycles. The molecule has 0 radical (unpaired) electrons. The fourth-order valence-corrected chi connectivity index (χ4v) is 9.06. The number of quaternary nitrogens is 1. The highest BCUT2D eigenvalue weighted by atomic mass is 16.7. The van der Waals surface area contributed by atoms with Gasteiger partial charge in [-0.25, -0.2) is 4.79 Å². The minimum absolute atomic E-state index is 0.175. The molecule has 2 unspecified atom stereocenters. The van der Waals surface area contributed by atoms with Crippen LogP contribution in [-0.2, 0) is 33.3 Å². The molecule has 0 saturated carbocycles. The van der Waals surface area contributed by atoms with Crippen molar-refractivity contribution in [2.75, 3.05) is 47.5 Å². The number of carbonyl (C=O) groups excluding carboxylic acids is 2. The average Bonchev–Trinajstić information content (AvgIpc) is 3.46. The Labute approximate surface area is 510 Å². The number of hydrogen-bond acceptors (Lipinski definition) is 7. The van der Waals surface area contributed by atoms with Crippen LogP contribution in [0.5, 0.6) is 0 Å². The number of unbranched alkanes of at least 4 members (excludes halogenated alkanes) is 26. The Bertz CT molecular complexity index is 1780. The first-order valence-electron chi connectivity index (χ1n) is 33.7. The summed E-state index contributed by atoms with van der Waals surface area (Å²) in [6.45, 7) is 4.73. The third kappa shape index (κ3) is 65.1. The monoisotopic (exact) mass is 1160 g/mol. The van der Waals surface area contributed by atoms with E-state index in [1.54, 1.807) is 0 Å². The SMILES string of the molecule is CC/C=C\C/C=C\C/C=C\C/C=C\C/C=C\C/C=C\C/C=C\C/C=C\C/C=C\CCCCCC(=O)OC(COC(=O)CCCCCCCCCCCCCCCCC/C=C\CCCCCCCCCC)COC(OCC[N+](C)(C)C)C(=O)O. The number of carbonyl (C=O) groups is 3. The second-order valence-electron chi connectivity index (χ2n) is 23.4. The first kappa shape index (κ1) is 78.7. The Hall–Kier alpha value is -4.31. The van der Waals surface area contributed by atoms with Gasteiger partial charge in [-0.05, 0) is 109 Å². The number of carboxylic acids is 1. The molecule has 0 bridgehead atoms. The zero-order valence-electron chi connectivity index (χ0n) is 54.1. The van der Waals surface area contributed by atoms with Crippen molar-refractivity contribution < 1.29 is 42.9 Å². The smallest absolute Gasteiger partial charge is 0.361 e. The summed E-state index contributed by atoms with van der Waals surface area (Å²) in [7, 11) is 5.96. The van der Waals surface area contributed by atoms with Crippen LogP contribution in [0, 0.1) is 0 Å². The number of carboxylic acid groups (broad SMARTS) is 1. The summed E-state index contributed by atoms with van der Waals surface area (Å²) >= 11 is 0. The van der Waals surface area contributed by atoms with Crippen LogP contribution in [0.2, 0.25) is 0 Å². The molecule has 0 aliphatic heterocycles. The van der Waals surface area contributed by atoms with E-state index in [9.17, 15) is 19.5 Å². The maximum atomic E-state index is 12.9. The fraction of sp³-hybridized carbons (Fsp3) is 0.689. The van der Waals surface area contributed by atoms with Gasteiger partial charge in [0.05, 0.1) is 34.4 Å². The summed E-state index contributed by atoms with van der Waals surface area (Å²) in [5.41, 5.74) is 0. The van der Waals surface area contributed by atoms with Crippen LogP contribution >= 0.6 is 0 Å². The molecule has 0 fully saturated rings. The van der Waals surface area contributed by atoms with Crippen LogP contribution in [0.1, 0.15) is 271 Å². The average molecular weight is 1160 g/mol. The topological polar surface area (TPSA) is 108 Å². The molecule has 0 saturated heterocycles. The zero-order valence-corrected chi connectivity index (χ0v) is 54.1. The number of hydrogen-bond donors (Lipinski definition) is 1. The highest BCUT2D eigenvalue weighted by Gasteiger charge is 2.25. The van der Waals surface area contributed by atoms with Crippen LogP contribution in [0.15, 0.2) is 122 Å². The minimum Gasteiger partial charge on any atom is -0.477 e. The quantitative estimate of drug-likeness (QED) is 0.0211. The molecule has 2 atom stereocenters. The van der Waals surface area contributed by atoms with E-state index in [2.05, 4.69) is 135 Å². The van der Waals surface area contributed by atoms with Crippen molar-refractivity contribution in [1.82, 2.24) is 0 Å². The second kappa shape index (κ2) is 63.7. The molecule has 9 heteroatoms. The maximum Gasteiger partial charge on any atom is 0.361 e. The van der Waals surface area contributed by atoms with E-state index in [0.717, 1.165) is 96.3 Å². The Morgan fingerprint density at radius 2 is 0.687 bits per heavy atom. The van der Waals surface area contributed by atoms with Crippen molar-refractivity contribution in [3.8, 4) is 0 Å². The molecule has 0 aliphatic rings. The molecule has 0 spiro atoms. The van der Waals surface area contributed by atoms with Gasteiger partial charge in [0.15, 0.2) is 6.10 Å². The first-order valence-corrected chi connectivity index (χ1v) is 33.7. The highest BCUT2D eigenvalue weighted by molar-refractivity contribution is 5.71. The molecule has 83 heavy (non-hydrogen) atoms. The normalized spacial score (nSPS) is 13.5. The molecule has 0 rings (SSSR count). The van der Waals surface area contributed by atoms with Crippen molar-refractivity contribution in [1.29, 1.82) is 0 Å². The lowest BCUT2D eigenvalue weighted by Crippen LogP contribution is -2.40. The Kier molecular flexibility index (Phi) is 60.4. The summed E-state index contributed by atoms with van der Waals surface area (Å²) in [4.78, 5) is 37.6. The lowest BCUT2D eigenvalue weighted by molar-refractivity contribution is -0.870. The number of nitrogens with zero attached hydrogens (tertiary/aromatic N) is 1. The van der Waals surface area contributed by atoms with Gasteiger partial charge < -0.3 is 28.5 Å². The Balaban J connectivity index is 4.26. The van der Waals surface area contributed by atoms with E-state index in [1.165, 1.54) is 141 Å². The van der Waals surface area contributed by atoms with Gasteiger partial charge in [-0.2, -0.15) is 0 Å². The standard InChI is InChI=1S/C74H125NO8/c1-6-8-10-12-14-16-18-20-22-24-26-28-30-32-34-35-36-37-39-41-43-45-47-49-51-53-55-57-59-61-63-65-72(77)83-70(69-82-74(73(78)79)80-67-66-75(3,4)5)68-81-71(76)64-62-60-58-56-54-52-50-48-46-44-42-40-38-33-31-29-27-25-23-21-19-17-15-13-11-9-7-2/h8,10,14,16,20,22,25-28,32,34,36-37,41,43,47,49,53,55,70,74H,6-7,9,11-13,15,17-19,21,23-24,29-31,33,35,38-40,42,44-46,48,50-52,54,56-69H2,1-5H3/p+1/b10-8-,16-14-,22-20-,27-25-,28-26-,34-32-,37-36-,43-41-,49-47-,55-53-. The number of aliphatic carboxylic acids is 1. The van der Waals surface area contributed by atoms with Crippen molar-refractivity contribution in [3.05, 3.63) is 122 Å². The molecular formula is C74H126NO8+. The van der Waals surface area contributed by atoms with E-state index in [0.29, 0.717) is 17.4 Å². The summed E-state index contributed by atoms with van der Waals surface area (Å²) < 4.78 is 22.9. The molecule has 474 valence electrons. The molecule has 0 aliphatic carbocycles. The summed E-state index contributed by atoms with van der Waals surface area (Å²) in [6, 6.07) is 0. The van der Waals surface area contributed by atoms with E-state index in [-0.39, 0.29) is 38.6 Å². The predicted octanol–water partition coefficient (Wildman–Crippen LogP) is 20.8. The van der Waals surface area contributed by atoms with Crippen LogP contribution in [0.3, 0.4) is 0 Å². The molecule has 9 nitrogen and oxygen atoms in total. The molecule has 0 amide bonds. The van der Waals surface area contributed by atoms with Crippen molar-refractivity contribution in [3.63, 3.8) is 0 Å². The number of rotatable bonds is 61. The molecule has 0 aromatic heterocycles. The van der Waals surface area contributed by atoms with Gasteiger partial charge in [0.1, 0.15) is 13.2 Å². The molecular weight excluding hydrogens is 1030 g/mol. The second-order valence-corrected chi connectivity index (χ2v) is 23.4. The zero-order chi connectivity index (χ0) is 60.5. The van der Waals surface area contributed by atoms with Crippen molar-refractivity contribution in [2.24, 2.45) is 0 Å². The minimum atomic E-state index is -1.53. The molecule has 0 aromatic rings. The third-order valence-corrected chi connectivity index (χ3v) is 14.2. The van der Waals surface area contributed by atoms with Crippen molar-refractivity contribution >= 4 is 17.9 Å². The van der Waals surface area contributed by atoms with Gasteiger partial charge in [-0.15, -0.1) is 0 Å². The van der Waals surface area contributed by atoms with E-state index < -0.39 is 24.3 Å². The van der Waals surface area contributed by atoms with E-state index in [4.69, 9.17) is 18.9 Å². The van der Waals surface area contributed by atoms with Gasteiger partial charge in [0.2, 0.25) is 0 Å². The number of esters is 2. The molecule has 1 N–H and O–H groups in total. The first-order chi connectivity index (χ1) is 40.6. The van der Waals surface area contributed by atoms with Gasteiger partial charge in [0.25, 0.3) is 6.29 Å². The predicted molar refractivity (Wildman–Crippen MR) is 354 cm³/mol. The number of ether oxygens (including phenoxy) is 4. The lowest BCUT2D eigenvalue weighted by atomic mass is 10.0. The van der Waals surface area contributed by atoms with Crippen LogP contribution in [0.4, 0.5) is 0 Å². The van der Waals surface area contributed by atoms with E-state index in [1.807, 2.05) is 21.1 Å². The van der Waals surface area contributed by atoms with Gasteiger partial charge in [-0.1, -0.05) is 270 Å². The van der Waals surface area contributed by atoms with E-state index >= 15 is 0 Å². The van der Waals surface area contributed by atoms with Crippen molar-refractivity contribution in [2.45, 2.75) is 283 Å². The number of likely N-dealkylation sites (N-methyl/N-ethyl adjacent to an activating group) is 1. The summed E-state index contributed by atoms with van der Waals surface area (Å²) in [5.74, 6) is -2.05. The molecule has 0 heterocycles. The Morgan fingerprint density at radius 3 is 1.05 bits per heavy atom. The highest BCUT2D eigenvalue weighted by Crippen LogP contribution is 2.16. The maximum absolute atomic E-state index is 12.9. The third-order valence-electron chi connectivity index (χ3n) is 14.2. The lowest BCUT2D eigenvalue weighted by Gasteiger charge is -2.25. The fourth-order valence-electron chi connectivity index (χ4n) is 9.06. The van der Waals surface area contributed by atoms with Gasteiger partial charge >= 0.3 is 17.9 Å².